The van der Waals surface area contributed by atoms with Crippen LogP contribution < -0.4 is 5.32 Å². The Morgan fingerprint density at radius 1 is 1.23 bits per heavy atom. The molecule has 2 N–H and O–H groups in total. The molecule has 4 saturated carbocycles. The molecule has 31 heavy (non-hydrogen) atoms. The van der Waals surface area contributed by atoms with Crippen LogP contribution in [0.25, 0.3) is 0 Å². The zero-order chi connectivity index (χ0) is 22.2. The number of hydrogen-bond donors (Lipinski definition) is 2. The van der Waals surface area contributed by atoms with Crippen molar-refractivity contribution in [2.75, 3.05) is 13.2 Å². The molecule has 4 aliphatic rings. The van der Waals surface area contributed by atoms with E-state index in [2.05, 4.69) is 12.2 Å². The van der Waals surface area contributed by atoms with Crippen LogP contribution in [0.3, 0.4) is 0 Å². The molecular formula is C24H31Cl2NO4. The summed E-state index contributed by atoms with van der Waals surface area (Å²) < 4.78 is 5.47. The number of carbonyl (C=O) groups excluding carboxylic acids is 2. The van der Waals surface area contributed by atoms with E-state index >= 15 is 0 Å². The van der Waals surface area contributed by atoms with Crippen LogP contribution in [0, 0.1) is 17.3 Å². The van der Waals surface area contributed by atoms with E-state index in [9.17, 15) is 14.7 Å². The molecule has 3 atom stereocenters. The van der Waals surface area contributed by atoms with Gasteiger partial charge in [0.15, 0.2) is 6.61 Å². The number of nitrogens with one attached hydrogen (secondary N) is 1. The average Bonchev–Trinajstić information content (AvgIpc) is 2.67. The van der Waals surface area contributed by atoms with Crippen molar-refractivity contribution in [3.05, 3.63) is 33.8 Å². The Kier molecular flexibility index (Phi) is 6.58. The van der Waals surface area contributed by atoms with Gasteiger partial charge < -0.3 is 15.2 Å². The molecule has 3 unspecified atom stereocenters. The minimum Gasteiger partial charge on any atom is -0.455 e. The van der Waals surface area contributed by atoms with Gasteiger partial charge in [-0.15, -0.1) is 0 Å². The van der Waals surface area contributed by atoms with Gasteiger partial charge in [-0.05, 0) is 74.5 Å². The normalized spacial score (nSPS) is 32.0. The molecule has 1 aromatic rings. The van der Waals surface area contributed by atoms with Crippen molar-refractivity contribution in [2.24, 2.45) is 17.3 Å². The molecule has 0 radical (unpaired) electrons. The molecule has 0 saturated heterocycles. The van der Waals surface area contributed by atoms with E-state index in [0.717, 1.165) is 50.5 Å². The maximum absolute atomic E-state index is 12.9. The highest BCUT2D eigenvalue weighted by Crippen LogP contribution is 2.61. The van der Waals surface area contributed by atoms with Crippen LogP contribution in [0.2, 0.25) is 10.0 Å². The number of aliphatic hydroxyl groups is 1. The second kappa shape index (κ2) is 8.92. The van der Waals surface area contributed by atoms with E-state index in [4.69, 9.17) is 27.9 Å². The quantitative estimate of drug-likeness (QED) is 0.534. The van der Waals surface area contributed by atoms with Crippen LogP contribution in [-0.4, -0.2) is 35.7 Å². The Hall–Kier alpha value is -1.30. The second-order valence-electron chi connectivity index (χ2n) is 10.00. The first kappa shape index (κ1) is 22.9. The molecule has 5 rings (SSSR count). The minimum absolute atomic E-state index is 0.0619. The molecule has 1 amide bonds. The first-order valence-corrected chi connectivity index (χ1v) is 12.1. The van der Waals surface area contributed by atoms with E-state index in [1.165, 1.54) is 0 Å². The largest absolute Gasteiger partial charge is 0.455 e. The predicted octanol–water partition coefficient (Wildman–Crippen LogP) is 4.87. The summed E-state index contributed by atoms with van der Waals surface area (Å²) in [6.45, 7) is 2.21. The lowest BCUT2D eigenvalue weighted by Crippen LogP contribution is -2.58. The summed E-state index contributed by atoms with van der Waals surface area (Å²) in [5.41, 5.74) is -0.385. The molecule has 0 spiro atoms. The van der Waals surface area contributed by atoms with Crippen molar-refractivity contribution >= 4 is 35.1 Å². The summed E-state index contributed by atoms with van der Waals surface area (Å²) in [5.74, 6) is 0.217. The fourth-order valence-electron chi connectivity index (χ4n) is 6.57. The van der Waals surface area contributed by atoms with Gasteiger partial charge in [-0.3, -0.25) is 9.59 Å². The van der Waals surface area contributed by atoms with Crippen LogP contribution in [0.4, 0.5) is 0 Å². The van der Waals surface area contributed by atoms with Crippen molar-refractivity contribution in [1.82, 2.24) is 5.32 Å². The number of amides is 1. The van der Waals surface area contributed by atoms with Crippen molar-refractivity contribution in [2.45, 2.75) is 69.8 Å². The van der Waals surface area contributed by atoms with E-state index in [-0.39, 0.29) is 24.4 Å². The van der Waals surface area contributed by atoms with Gasteiger partial charge in [0, 0.05) is 22.5 Å². The highest BCUT2D eigenvalue weighted by molar-refractivity contribution is 6.35. The third-order valence-corrected chi connectivity index (χ3v) is 7.95. The SMILES string of the molecule is CCCC(CNC(=O)COC(=O)C12CC3CC(CC(O)(C3)C1)C2)c1ccc(Cl)cc1Cl. The predicted molar refractivity (Wildman–Crippen MR) is 120 cm³/mol. The Labute approximate surface area is 193 Å². The third kappa shape index (κ3) is 4.89. The number of esters is 1. The van der Waals surface area contributed by atoms with Gasteiger partial charge in [0.1, 0.15) is 0 Å². The van der Waals surface area contributed by atoms with E-state index < -0.39 is 11.0 Å². The third-order valence-electron chi connectivity index (χ3n) is 7.38. The van der Waals surface area contributed by atoms with Gasteiger partial charge in [0.05, 0.1) is 11.0 Å². The van der Waals surface area contributed by atoms with Crippen molar-refractivity contribution in [1.29, 1.82) is 0 Å². The zero-order valence-electron chi connectivity index (χ0n) is 18.0. The van der Waals surface area contributed by atoms with Gasteiger partial charge in [0.2, 0.25) is 0 Å². The van der Waals surface area contributed by atoms with Gasteiger partial charge in [-0.25, -0.2) is 0 Å². The zero-order valence-corrected chi connectivity index (χ0v) is 19.5. The molecule has 170 valence electrons. The summed E-state index contributed by atoms with van der Waals surface area (Å²) >= 11 is 12.4. The highest BCUT2D eigenvalue weighted by Gasteiger charge is 2.60. The lowest BCUT2D eigenvalue weighted by Gasteiger charge is -2.58. The summed E-state index contributed by atoms with van der Waals surface area (Å²) in [7, 11) is 0. The summed E-state index contributed by atoms with van der Waals surface area (Å²) in [4.78, 5) is 25.4. The monoisotopic (exact) mass is 467 g/mol. The Morgan fingerprint density at radius 3 is 2.55 bits per heavy atom. The van der Waals surface area contributed by atoms with Crippen LogP contribution in [0.15, 0.2) is 18.2 Å². The fourth-order valence-corrected chi connectivity index (χ4v) is 7.14. The fraction of sp³-hybridized carbons (Fsp3) is 0.667. The first-order valence-electron chi connectivity index (χ1n) is 11.3. The Balaban J connectivity index is 1.31. The van der Waals surface area contributed by atoms with Crippen LogP contribution in [0.5, 0.6) is 0 Å². The number of ether oxygens (including phenoxy) is 1. The smallest absolute Gasteiger partial charge is 0.312 e. The molecule has 1 aromatic carbocycles. The first-order chi connectivity index (χ1) is 14.7. The molecular weight excluding hydrogens is 437 g/mol. The average molecular weight is 468 g/mol. The number of carbonyl (C=O) groups is 2. The van der Waals surface area contributed by atoms with Gasteiger partial charge in [-0.1, -0.05) is 42.6 Å². The summed E-state index contributed by atoms with van der Waals surface area (Å²) in [6, 6.07) is 5.41. The molecule has 4 bridgehead atoms. The van der Waals surface area contributed by atoms with Crippen LogP contribution in [0.1, 0.15) is 69.8 Å². The molecule has 5 nitrogen and oxygen atoms in total. The second-order valence-corrected chi connectivity index (χ2v) is 10.8. The van der Waals surface area contributed by atoms with Crippen LogP contribution >= 0.6 is 23.2 Å². The summed E-state index contributed by atoms with van der Waals surface area (Å²) in [6.07, 6.45) is 6.54. The summed E-state index contributed by atoms with van der Waals surface area (Å²) in [5, 5.41) is 14.9. The maximum atomic E-state index is 12.9. The Bertz CT molecular complexity index is 844. The molecule has 0 aromatic heterocycles. The van der Waals surface area contributed by atoms with Crippen molar-refractivity contribution in [3.8, 4) is 0 Å². The van der Waals surface area contributed by atoms with E-state index in [1.807, 2.05) is 6.07 Å². The number of benzene rings is 1. The standard InChI is InChI=1S/C24H31Cl2NO4/c1-2-3-17(19-5-4-18(25)7-20(19)26)12-27-21(28)13-31-22(29)23-8-15-6-16(9-23)11-24(30,10-15)14-23/h4-5,7,15-17,30H,2-3,6,8-14H2,1H3,(H,27,28). The van der Waals surface area contributed by atoms with Gasteiger partial charge in [-0.2, -0.15) is 0 Å². The van der Waals surface area contributed by atoms with Gasteiger partial charge >= 0.3 is 5.97 Å². The number of halogens is 2. The molecule has 0 aliphatic heterocycles. The van der Waals surface area contributed by atoms with E-state index in [0.29, 0.717) is 34.8 Å². The molecule has 4 aliphatic carbocycles. The van der Waals surface area contributed by atoms with Crippen molar-refractivity contribution < 1.29 is 19.4 Å². The highest BCUT2D eigenvalue weighted by atomic mass is 35.5. The molecule has 7 heteroatoms. The lowest BCUT2D eigenvalue weighted by molar-refractivity contribution is -0.196. The molecule has 4 fully saturated rings. The minimum atomic E-state index is -0.726. The lowest BCUT2D eigenvalue weighted by atomic mass is 9.48. The van der Waals surface area contributed by atoms with Crippen LogP contribution in [-0.2, 0) is 14.3 Å². The van der Waals surface area contributed by atoms with E-state index in [1.54, 1.807) is 12.1 Å². The molecule has 0 heterocycles. The maximum Gasteiger partial charge on any atom is 0.312 e. The van der Waals surface area contributed by atoms with Gasteiger partial charge in [0.25, 0.3) is 5.91 Å². The topological polar surface area (TPSA) is 75.6 Å². The number of rotatable bonds is 8. The van der Waals surface area contributed by atoms with Crippen molar-refractivity contribution in [3.63, 3.8) is 0 Å². The number of hydrogen-bond acceptors (Lipinski definition) is 4. The Morgan fingerprint density at radius 2 is 1.94 bits per heavy atom.